The van der Waals surface area contributed by atoms with Crippen LogP contribution in [0.15, 0.2) is 36.4 Å². The average Bonchev–Trinajstić information content (AvgIpc) is 3.13. The molecule has 8 heteroatoms. The highest BCUT2D eigenvalue weighted by atomic mass is 32.1. The number of para-hydroxylation sites is 1. The van der Waals surface area contributed by atoms with E-state index in [0.717, 1.165) is 23.3 Å². The van der Waals surface area contributed by atoms with Crippen LogP contribution in [0, 0.1) is 12.8 Å². The summed E-state index contributed by atoms with van der Waals surface area (Å²) in [5.41, 5.74) is 6.82. The lowest BCUT2D eigenvalue weighted by Gasteiger charge is -2.32. The van der Waals surface area contributed by atoms with E-state index in [9.17, 15) is 14.4 Å². The maximum Gasteiger partial charge on any atom is 0.321 e. The van der Waals surface area contributed by atoms with Gasteiger partial charge in [-0.2, -0.15) is 0 Å². The van der Waals surface area contributed by atoms with Gasteiger partial charge in [0.25, 0.3) is 5.91 Å². The summed E-state index contributed by atoms with van der Waals surface area (Å²) in [6.45, 7) is 4.94. The molecule has 2 aromatic rings. The number of hydrogen-bond donors (Lipinski definition) is 3. The molecule has 0 bridgehead atoms. The fourth-order valence-electron chi connectivity index (χ4n) is 3.36. The zero-order valence-electron chi connectivity index (χ0n) is 16.7. The number of carbonyl (C=O) groups is 3. The summed E-state index contributed by atoms with van der Waals surface area (Å²) in [6.07, 6.45) is 2.28. The molecule has 3 N–H and O–H groups in total. The Bertz CT molecular complexity index is 881. The van der Waals surface area contributed by atoms with Gasteiger partial charge in [-0.3, -0.25) is 20.4 Å². The number of amides is 4. The molecule has 0 aliphatic carbocycles. The smallest absolute Gasteiger partial charge is 0.321 e. The summed E-state index contributed by atoms with van der Waals surface area (Å²) < 4.78 is 0. The largest absolute Gasteiger partial charge is 0.324 e. The molecule has 1 atom stereocenters. The van der Waals surface area contributed by atoms with Crippen LogP contribution in [0.4, 0.5) is 10.5 Å². The summed E-state index contributed by atoms with van der Waals surface area (Å²) in [6, 6.07) is 10.8. The van der Waals surface area contributed by atoms with E-state index in [1.54, 1.807) is 4.90 Å². The quantitative estimate of drug-likeness (QED) is 0.671. The number of urea groups is 1. The van der Waals surface area contributed by atoms with Crippen molar-refractivity contribution in [2.24, 2.45) is 5.92 Å². The SMILES string of the molecule is CCc1sc(C(=O)NNC(=O)[C@H]2CCCN(C(=O)Nc3ccccc3)C2)cc1C. The molecule has 1 saturated heterocycles. The first-order valence-electron chi connectivity index (χ1n) is 9.78. The Kier molecular flexibility index (Phi) is 6.87. The first-order chi connectivity index (χ1) is 14.0. The number of piperidine rings is 1. The number of likely N-dealkylation sites (tertiary alicyclic amines) is 1. The van der Waals surface area contributed by atoms with Crippen LogP contribution in [0.25, 0.3) is 0 Å². The molecule has 0 unspecified atom stereocenters. The number of rotatable bonds is 4. The topological polar surface area (TPSA) is 90.5 Å². The van der Waals surface area contributed by atoms with Gasteiger partial charge in [-0.1, -0.05) is 25.1 Å². The van der Waals surface area contributed by atoms with Crippen LogP contribution in [0.5, 0.6) is 0 Å². The van der Waals surface area contributed by atoms with Gasteiger partial charge in [0.05, 0.1) is 10.8 Å². The molecule has 3 rings (SSSR count). The highest BCUT2D eigenvalue weighted by Crippen LogP contribution is 2.22. The van der Waals surface area contributed by atoms with Crippen molar-refractivity contribution in [1.82, 2.24) is 15.8 Å². The molecule has 1 aliphatic heterocycles. The van der Waals surface area contributed by atoms with Gasteiger partial charge < -0.3 is 10.2 Å². The van der Waals surface area contributed by atoms with Crippen molar-refractivity contribution in [1.29, 1.82) is 0 Å². The Morgan fingerprint density at radius 1 is 1.17 bits per heavy atom. The first kappa shape index (κ1) is 20.9. The predicted molar refractivity (Wildman–Crippen MR) is 114 cm³/mol. The Hall–Kier alpha value is -2.87. The van der Waals surface area contributed by atoms with Crippen LogP contribution in [-0.4, -0.2) is 35.8 Å². The number of nitrogens with one attached hydrogen (secondary N) is 3. The second-order valence-electron chi connectivity index (χ2n) is 7.10. The predicted octanol–water partition coefficient (Wildman–Crippen LogP) is 3.32. The number of hydrogen-bond acceptors (Lipinski definition) is 4. The Morgan fingerprint density at radius 3 is 2.62 bits per heavy atom. The number of aryl methyl sites for hydroxylation is 2. The van der Waals surface area contributed by atoms with Gasteiger partial charge in [0, 0.05) is 23.7 Å². The molecule has 154 valence electrons. The number of benzene rings is 1. The van der Waals surface area contributed by atoms with Gasteiger partial charge in [0.2, 0.25) is 5.91 Å². The molecule has 1 fully saturated rings. The number of anilines is 1. The maximum absolute atomic E-state index is 12.5. The second-order valence-corrected chi connectivity index (χ2v) is 8.23. The van der Waals surface area contributed by atoms with Gasteiger partial charge in [0.1, 0.15) is 0 Å². The molecule has 1 aromatic carbocycles. The van der Waals surface area contributed by atoms with E-state index < -0.39 is 0 Å². The van der Waals surface area contributed by atoms with Gasteiger partial charge in [-0.25, -0.2) is 4.79 Å². The lowest BCUT2D eigenvalue weighted by molar-refractivity contribution is -0.127. The van der Waals surface area contributed by atoms with E-state index in [1.165, 1.54) is 11.3 Å². The van der Waals surface area contributed by atoms with E-state index in [4.69, 9.17) is 0 Å². The Labute approximate surface area is 174 Å². The minimum absolute atomic E-state index is 0.223. The van der Waals surface area contributed by atoms with Crippen LogP contribution in [0.1, 0.15) is 39.9 Å². The fourth-order valence-corrected chi connectivity index (χ4v) is 4.37. The van der Waals surface area contributed by atoms with Crippen molar-refractivity contribution in [2.45, 2.75) is 33.1 Å². The van der Waals surface area contributed by atoms with E-state index >= 15 is 0 Å². The number of nitrogens with zero attached hydrogens (tertiary/aromatic N) is 1. The zero-order valence-corrected chi connectivity index (χ0v) is 17.5. The molecule has 1 aromatic heterocycles. The third-order valence-electron chi connectivity index (χ3n) is 4.97. The minimum Gasteiger partial charge on any atom is -0.324 e. The monoisotopic (exact) mass is 414 g/mol. The van der Waals surface area contributed by atoms with Crippen LogP contribution < -0.4 is 16.2 Å². The molecule has 0 radical (unpaired) electrons. The molecule has 29 heavy (non-hydrogen) atoms. The van der Waals surface area contributed by atoms with Crippen molar-refractivity contribution in [2.75, 3.05) is 18.4 Å². The summed E-state index contributed by atoms with van der Waals surface area (Å²) in [7, 11) is 0. The van der Waals surface area contributed by atoms with E-state index in [0.29, 0.717) is 30.1 Å². The standard InChI is InChI=1S/C21H26N4O3S/c1-3-17-14(2)12-18(29-17)20(27)24-23-19(26)15-8-7-11-25(13-15)21(28)22-16-9-5-4-6-10-16/h4-6,9-10,12,15H,3,7-8,11,13H2,1-2H3,(H,22,28)(H,23,26)(H,24,27)/t15-/m0/s1. The van der Waals surface area contributed by atoms with E-state index in [1.807, 2.05) is 50.2 Å². The van der Waals surface area contributed by atoms with Crippen molar-refractivity contribution in [3.63, 3.8) is 0 Å². The van der Waals surface area contributed by atoms with Gasteiger partial charge in [0.15, 0.2) is 0 Å². The second kappa shape index (κ2) is 9.56. The van der Waals surface area contributed by atoms with Crippen LogP contribution in [0.3, 0.4) is 0 Å². The zero-order chi connectivity index (χ0) is 20.8. The Balaban J connectivity index is 1.51. The van der Waals surface area contributed by atoms with E-state index in [-0.39, 0.29) is 23.8 Å². The summed E-state index contributed by atoms with van der Waals surface area (Å²) >= 11 is 1.44. The number of carbonyl (C=O) groups excluding carboxylic acids is 3. The van der Waals surface area contributed by atoms with E-state index in [2.05, 4.69) is 16.2 Å². The minimum atomic E-state index is -0.359. The van der Waals surface area contributed by atoms with Crippen LogP contribution in [-0.2, 0) is 11.2 Å². The molecule has 4 amide bonds. The third-order valence-corrected chi connectivity index (χ3v) is 6.35. The van der Waals surface area contributed by atoms with Crippen molar-refractivity contribution in [3.8, 4) is 0 Å². The van der Waals surface area contributed by atoms with Crippen molar-refractivity contribution in [3.05, 3.63) is 51.7 Å². The number of thiophene rings is 1. The van der Waals surface area contributed by atoms with Gasteiger partial charge >= 0.3 is 6.03 Å². The number of hydrazine groups is 1. The van der Waals surface area contributed by atoms with Crippen LogP contribution >= 0.6 is 11.3 Å². The fraction of sp³-hybridized carbons (Fsp3) is 0.381. The normalized spacial score (nSPS) is 16.2. The third kappa shape index (κ3) is 5.35. The lowest BCUT2D eigenvalue weighted by atomic mass is 9.98. The highest BCUT2D eigenvalue weighted by molar-refractivity contribution is 7.14. The van der Waals surface area contributed by atoms with Crippen LogP contribution in [0.2, 0.25) is 0 Å². The summed E-state index contributed by atoms with van der Waals surface area (Å²) in [5, 5.41) is 2.84. The molecular formula is C21H26N4O3S. The first-order valence-corrected chi connectivity index (χ1v) is 10.6. The van der Waals surface area contributed by atoms with Crippen molar-refractivity contribution >= 4 is 34.9 Å². The van der Waals surface area contributed by atoms with Gasteiger partial charge in [-0.05, 0) is 49.9 Å². The highest BCUT2D eigenvalue weighted by Gasteiger charge is 2.29. The van der Waals surface area contributed by atoms with Crippen molar-refractivity contribution < 1.29 is 14.4 Å². The van der Waals surface area contributed by atoms with Gasteiger partial charge in [-0.15, -0.1) is 11.3 Å². The molecule has 1 aliphatic rings. The molecule has 2 heterocycles. The lowest BCUT2D eigenvalue weighted by Crippen LogP contribution is -2.50. The summed E-state index contributed by atoms with van der Waals surface area (Å²) in [5.74, 6) is -0.956. The Morgan fingerprint density at radius 2 is 1.93 bits per heavy atom. The molecular weight excluding hydrogens is 388 g/mol. The summed E-state index contributed by atoms with van der Waals surface area (Å²) in [4.78, 5) is 40.6. The molecule has 7 nitrogen and oxygen atoms in total. The maximum atomic E-state index is 12.5. The molecule has 0 saturated carbocycles. The average molecular weight is 415 g/mol. The molecule has 0 spiro atoms.